The molecule has 1 N–H and O–H groups in total. The predicted molar refractivity (Wildman–Crippen MR) is 85.4 cm³/mol. The number of ether oxygens (including phenoxy) is 1. The van der Waals surface area contributed by atoms with Crippen LogP contribution in [0.2, 0.25) is 0 Å². The highest BCUT2D eigenvalue weighted by atomic mass is 16.5. The lowest BCUT2D eigenvalue weighted by Gasteiger charge is -2.35. The van der Waals surface area contributed by atoms with Crippen molar-refractivity contribution in [2.75, 3.05) is 26.4 Å². The summed E-state index contributed by atoms with van der Waals surface area (Å²) in [5, 5.41) is 13.9. The zero-order valence-corrected chi connectivity index (χ0v) is 13.4. The van der Waals surface area contributed by atoms with E-state index in [0.29, 0.717) is 19.8 Å². The van der Waals surface area contributed by atoms with Crippen molar-refractivity contribution >= 4 is 5.91 Å². The van der Waals surface area contributed by atoms with Gasteiger partial charge in [0.15, 0.2) is 0 Å². The molecule has 23 heavy (non-hydrogen) atoms. The van der Waals surface area contributed by atoms with E-state index in [4.69, 9.17) is 4.74 Å². The van der Waals surface area contributed by atoms with E-state index < -0.39 is 6.61 Å². The summed E-state index contributed by atoms with van der Waals surface area (Å²) in [5.41, 5.74) is 3.84. The molecule has 1 amide bonds. The number of nitrogens with zero attached hydrogens (tertiary/aromatic N) is 3. The van der Waals surface area contributed by atoms with Crippen LogP contribution in [-0.2, 0) is 9.53 Å². The van der Waals surface area contributed by atoms with Crippen molar-refractivity contribution in [3.63, 3.8) is 0 Å². The molecule has 1 atom stereocenters. The number of morpholine rings is 1. The Morgan fingerprint density at radius 1 is 1.35 bits per heavy atom. The minimum absolute atomic E-state index is 0.208. The van der Waals surface area contributed by atoms with E-state index in [1.807, 2.05) is 48.9 Å². The van der Waals surface area contributed by atoms with Crippen LogP contribution in [0.15, 0.2) is 30.3 Å². The van der Waals surface area contributed by atoms with Crippen LogP contribution in [0.3, 0.4) is 0 Å². The van der Waals surface area contributed by atoms with Gasteiger partial charge in [0.05, 0.1) is 30.6 Å². The van der Waals surface area contributed by atoms with E-state index in [-0.39, 0.29) is 11.9 Å². The molecule has 1 aliphatic heterocycles. The lowest BCUT2D eigenvalue weighted by Crippen LogP contribution is -2.45. The first-order valence-corrected chi connectivity index (χ1v) is 7.73. The van der Waals surface area contributed by atoms with Crippen molar-refractivity contribution in [1.82, 2.24) is 14.7 Å². The molecule has 6 nitrogen and oxygen atoms in total. The zero-order valence-electron chi connectivity index (χ0n) is 13.4. The van der Waals surface area contributed by atoms with Crippen LogP contribution >= 0.6 is 0 Å². The molecule has 0 saturated carbocycles. The minimum atomic E-state index is -0.485. The van der Waals surface area contributed by atoms with Crippen LogP contribution in [0.1, 0.15) is 23.0 Å². The summed E-state index contributed by atoms with van der Waals surface area (Å²) >= 11 is 0. The van der Waals surface area contributed by atoms with E-state index in [1.165, 1.54) is 0 Å². The van der Waals surface area contributed by atoms with Crippen LogP contribution in [0, 0.1) is 13.8 Å². The Morgan fingerprint density at radius 3 is 2.78 bits per heavy atom. The number of aryl methyl sites for hydroxylation is 1. The summed E-state index contributed by atoms with van der Waals surface area (Å²) in [7, 11) is 0. The smallest absolute Gasteiger partial charge is 0.248 e. The number of para-hydroxylation sites is 1. The molecule has 1 aromatic heterocycles. The highest BCUT2D eigenvalue weighted by Gasteiger charge is 2.32. The van der Waals surface area contributed by atoms with Crippen molar-refractivity contribution in [2.45, 2.75) is 19.9 Å². The second-order valence-corrected chi connectivity index (χ2v) is 5.67. The monoisotopic (exact) mass is 315 g/mol. The number of benzene rings is 1. The topological polar surface area (TPSA) is 67.6 Å². The summed E-state index contributed by atoms with van der Waals surface area (Å²) in [6.07, 6.45) is 0. The predicted octanol–water partition coefficient (Wildman–Crippen LogP) is 1.38. The summed E-state index contributed by atoms with van der Waals surface area (Å²) in [5.74, 6) is -0.274. The summed E-state index contributed by atoms with van der Waals surface area (Å²) < 4.78 is 7.46. The van der Waals surface area contributed by atoms with Crippen molar-refractivity contribution in [3.8, 4) is 5.69 Å². The molecule has 3 rings (SSSR count). The third-order valence-corrected chi connectivity index (χ3v) is 4.27. The van der Waals surface area contributed by atoms with Gasteiger partial charge in [0.25, 0.3) is 0 Å². The Morgan fingerprint density at radius 2 is 2.09 bits per heavy atom. The van der Waals surface area contributed by atoms with Crippen molar-refractivity contribution in [2.24, 2.45) is 0 Å². The number of hydrogen-bond donors (Lipinski definition) is 1. The Kier molecular flexibility index (Phi) is 4.45. The molecule has 2 heterocycles. The number of hydrogen-bond acceptors (Lipinski definition) is 4. The molecule has 2 aromatic rings. The van der Waals surface area contributed by atoms with Crippen LogP contribution in [0.25, 0.3) is 5.69 Å². The van der Waals surface area contributed by atoms with Crippen LogP contribution < -0.4 is 0 Å². The quantitative estimate of drug-likeness (QED) is 0.929. The maximum Gasteiger partial charge on any atom is 0.248 e. The number of aromatic nitrogens is 2. The van der Waals surface area contributed by atoms with E-state index in [1.54, 1.807) is 4.90 Å². The Labute approximate surface area is 135 Å². The third kappa shape index (κ3) is 2.87. The molecule has 0 aliphatic carbocycles. The van der Waals surface area contributed by atoms with Gasteiger partial charge in [-0.05, 0) is 26.0 Å². The number of aliphatic hydroxyl groups excluding tert-OH is 1. The van der Waals surface area contributed by atoms with Crippen molar-refractivity contribution in [1.29, 1.82) is 0 Å². The molecule has 1 aromatic carbocycles. The Balaban J connectivity index is 2.02. The number of amides is 1. The number of aliphatic hydroxyl groups is 1. The molecule has 1 fully saturated rings. The summed E-state index contributed by atoms with van der Waals surface area (Å²) in [6, 6.07) is 9.69. The van der Waals surface area contributed by atoms with Gasteiger partial charge in [-0.2, -0.15) is 5.10 Å². The molecule has 0 radical (unpaired) electrons. The van der Waals surface area contributed by atoms with Crippen LogP contribution in [0.4, 0.5) is 0 Å². The fraction of sp³-hybridized carbons (Fsp3) is 0.412. The van der Waals surface area contributed by atoms with Crippen LogP contribution in [0.5, 0.6) is 0 Å². The number of carbonyl (C=O) groups is 1. The van der Waals surface area contributed by atoms with Crippen molar-refractivity contribution in [3.05, 3.63) is 47.3 Å². The minimum Gasteiger partial charge on any atom is -0.387 e. The first-order valence-electron chi connectivity index (χ1n) is 7.73. The maximum atomic E-state index is 12.0. The summed E-state index contributed by atoms with van der Waals surface area (Å²) in [6.45, 7) is 4.86. The van der Waals surface area contributed by atoms with Gasteiger partial charge in [0.2, 0.25) is 5.91 Å². The molecule has 1 saturated heterocycles. The molecule has 122 valence electrons. The maximum absolute atomic E-state index is 12.0. The third-order valence-electron chi connectivity index (χ3n) is 4.27. The molecule has 1 aliphatic rings. The Bertz CT molecular complexity index is 697. The van der Waals surface area contributed by atoms with Gasteiger partial charge in [-0.15, -0.1) is 0 Å². The van der Waals surface area contributed by atoms with Gasteiger partial charge < -0.3 is 14.7 Å². The molecule has 6 heteroatoms. The second kappa shape index (κ2) is 6.52. The molecule has 0 bridgehead atoms. The van der Waals surface area contributed by atoms with E-state index in [2.05, 4.69) is 5.10 Å². The highest BCUT2D eigenvalue weighted by Crippen LogP contribution is 2.30. The highest BCUT2D eigenvalue weighted by molar-refractivity contribution is 5.78. The van der Waals surface area contributed by atoms with Crippen LogP contribution in [-0.4, -0.2) is 52.1 Å². The first-order chi connectivity index (χ1) is 11.1. The fourth-order valence-corrected chi connectivity index (χ4v) is 3.19. The van der Waals surface area contributed by atoms with Gasteiger partial charge >= 0.3 is 0 Å². The van der Waals surface area contributed by atoms with E-state index in [9.17, 15) is 9.90 Å². The van der Waals surface area contributed by atoms with Gasteiger partial charge in [-0.25, -0.2) is 4.68 Å². The lowest BCUT2D eigenvalue weighted by atomic mass is 10.0. The molecular formula is C17H21N3O3. The first kappa shape index (κ1) is 15.7. The standard InChI is InChI=1S/C17H21N3O3/c1-12-17(15-11-23-9-8-19(15)16(22)10-21)13(2)20(18-12)14-6-4-3-5-7-14/h3-7,15,21H,8-11H2,1-2H3/t15-/m1/s1. The van der Waals surface area contributed by atoms with E-state index >= 15 is 0 Å². The molecular weight excluding hydrogens is 294 g/mol. The van der Waals surface area contributed by atoms with Crippen molar-refractivity contribution < 1.29 is 14.6 Å². The second-order valence-electron chi connectivity index (χ2n) is 5.67. The number of carbonyl (C=O) groups excluding carboxylic acids is 1. The lowest BCUT2D eigenvalue weighted by molar-refractivity contribution is -0.143. The zero-order chi connectivity index (χ0) is 16.4. The summed E-state index contributed by atoms with van der Waals surface area (Å²) in [4.78, 5) is 13.7. The Hall–Kier alpha value is -2.18. The number of rotatable bonds is 3. The average Bonchev–Trinajstić information content (AvgIpc) is 2.89. The average molecular weight is 315 g/mol. The van der Waals surface area contributed by atoms with E-state index in [0.717, 1.165) is 22.6 Å². The fourth-order valence-electron chi connectivity index (χ4n) is 3.19. The van der Waals surface area contributed by atoms with Gasteiger partial charge in [0, 0.05) is 17.8 Å². The normalized spacial score (nSPS) is 18.2. The van der Waals surface area contributed by atoms with Gasteiger partial charge in [-0.3, -0.25) is 4.79 Å². The van der Waals surface area contributed by atoms with Gasteiger partial charge in [0.1, 0.15) is 6.61 Å². The SMILES string of the molecule is Cc1nn(-c2ccccc2)c(C)c1[C@H]1COCCN1C(=O)CO. The molecule has 0 unspecified atom stereocenters. The largest absolute Gasteiger partial charge is 0.387 e. The van der Waals surface area contributed by atoms with Gasteiger partial charge in [-0.1, -0.05) is 18.2 Å². The molecule has 0 spiro atoms.